The Kier molecular flexibility index (Phi) is 4.89. The zero-order valence-corrected chi connectivity index (χ0v) is 14.7. The Morgan fingerprint density at radius 1 is 1.22 bits per heavy atom. The van der Waals surface area contributed by atoms with Crippen LogP contribution in [0.4, 0.5) is 11.4 Å². The van der Waals surface area contributed by atoms with Crippen LogP contribution < -0.4 is 10.5 Å². The van der Waals surface area contributed by atoms with E-state index in [9.17, 15) is 13.5 Å². The van der Waals surface area contributed by atoms with Gasteiger partial charge in [0.05, 0.1) is 9.92 Å². The second kappa shape index (κ2) is 6.39. The molecule has 2 aromatic carbocycles. The van der Waals surface area contributed by atoms with Gasteiger partial charge in [-0.15, -0.1) is 0 Å². The first-order chi connectivity index (χ1) is 10.6. The molecule has 0 aromatic heterocycles. The molecule has 5 nitrogen and oxygen atoms in total. The SMILES string of the molecule is Cc1c(Nc2ccc(S(N)(=O)=O)cc2)cc(C(C)C)c(O)c1Cl. The Morgan fingerprint density at radius 2 is 1.78 bits per heavy atom. The van der Waals surface area contributed by atoms with Crippen molar-refractivity contribution in [3.63, 3.8) is 0 Å². The first-order valence-corrected chi connectivity index (χ1v) is 8.95. The van der Waals surface area contributed by atoms with Gasteiger partial charge in [0, 0.05) is 16.9 Å². The number of benzene rings is 2. The summed E-state index contributed by atoms with van der Waals surface area (Å²) < 4.78 is 22.5. The van der Waals surface area contributed by atoms with Crippen molar-refractivity contribution < 1.29 is 13.5 Å². The molecule has 0 fully saturated rings. The first kappa shape index (κ1) is 17.6. The molecule has 0 aliphatic rings. The van der Waals surface area contributed by atoms with Crippen molar-refractivity contribution in [3.8, 4) is 5.75 Å². The second-order valence-electron chi connectivity index (χ2n) is 5.65. The molecule has 0 amide bonds. The summed E-state index contributed by atoms with van der Waals surface area (Å²) in [6.07, 6.45) is 0. The van der Waals surface area contributed by atoms with E-state index in [-0.39, 0.29) is 16.6 Å². The number of hydrogen-bond donors (Lipinski definition) is 3. The highest BCUT2D eigenvalue weighted by atomic mass is 35.5. The molecular weight excluding hydrogens is 336 g/mol. The van der Waals surface area contributed by atoms with Crippen molar-refractivity contribution in [2.75, 3.05) is 5.32 Å². The molecule has 0 radical (unpaired) electrons. The van der Waals surface area contributed by atoms with Crippen LogP contribution in [0.25, 0.3) is 0 Å². The number of hydrogen-bond acceptors (Lipinski definition) is 4. The third-order valence-electron chi connectivity index (χ3n) is 3.60. The lowest BCUT2D eigenvalue weighted by Gasteiger charge is -2.17. The van der Waals surface area contributed by atoms with Crippen LogP contribution in [-0.4, -0.2) is 13.5 Å². The average molecular weight is 355 g/mol. The average Bonchev–Trinajstić information content (AvgIpc) is 2.47. The van der Waals surface area contributed by atoms with E-state index in [1.165, 1.54) is 12.1 Å². The summed E-state index contributed by atoms with van der Waals surface area (Å²) in [6, 6.07) is 7.94. The Balaban J connectivity index is 2.40. The third-order valence-corrected chi connectivity index (χ3v) is 4.99. The number of phenolic OH excluding ortho intramolecular Hbond substituents is 1. The highest BCUT2D eigenvalue weighted by molar-refractivity contribution is 7.89. The van der Waals surface area contributed by atoms with Crippen molar-refractivity contribution in [2.45, 2.75) is 31.6 Å². The van der Waals surface area contributed by atoms with Crippen LogP contribution >= 0.6 is 11.6 Å². The zero-order chi connectivity index (χ0) is 17.4. The lowest BCUT2D eigenvalue weighted by atomic mass is 9.99. The number of rotatable bonds is 4. The van der Waals surface area contributed by atoms with Crippen molar-refractivity contribution >= 4 is 33.0 Å². The van der Waals surface area contributed by atoms with Crippen LogP contribution in [0.2, 0.25) is 5.02 Å². The number of sulfonamides is 1. The van der Waals surface area contributed by atoms with Crippen LogP contribution in [0.1, 0.15) is 30.9 Å². The monoisotopic (exact) mass is 354 g/mol. The van der Waals surface area contributed by atoms with E-state index in [1.807, 2.05) is 19.9 Å². The first-order valence-electron chi connectivity index (χ1n) is 7.03. The summed E-state index contributed by atoms with van der Waals surface area (Å²) in [5.41, 5.74) is 2.89. The summed E-state index contributed by atoms with van der Waals surface area (Å²) in [5, 5.41) is 18.7. The highest BCUT2D eigenvalue weighted by Crippen LogP contribution is 2.40. The van der Waals surface area contributed by atoms with Crippen molar-refractivity contribution in [3.05, 3.63) is 46.5 Å². The molecule has 124 valence electrons. The number of nitrogens with two attached hydrogens (primary N) is 1. The maximum atomic E-state index is 11.3. The Labute approximate surface area is 141 Å². The maximum Gasteiger partial charge on any atom is 0.238 e. The minimum absolute atomic E-state index is 0.0476. The van der Waals surface area contributed by atoms with Crippen LogP contribution in [0, 0.1) is 6.92 Å². The zero-order valence-electron chi connectivity index (χ0n) is 13.1. The number of anilines is 2. The van der Waals surface area contributed by atoms with E-state index in [0.717, 1.165) is 11.3 Å². The van der Waals surface area contributed by atoms with Gasteiger partial charge in [0.2, 0.25) is 10.0 Å². The Hall–Kier alpha value is -1.76. The van der Waals surface area contributed by atoms with Gasteiger partial charge in [0.1, 0.15) is 5.75 Å². The second-order valence-corrected chi connectivity index (χ2v) is 7.59. The summed E-state index contributed by atoms with van der Waals surface area (Å²) in [7, 11) is -3.71. The van der Waals surface area contributed by atoms with Gasteiger partial charge in [-0.1, -0.05) is 25.4 Å². The van der Waals surface area contributed by atoms with Gasteiger partial charge >= 0.3 is 0 Å². The quantitative estimate of drug-likeness (QED) is 0.726. The third kappa shape index (κ3) is 3.77. The van der Waals surface area contributed by atoms with Crippen molar-refractivity contribution in [2.24, 2.45) is 5.14 Å². The van der Waals surface area contributed by atoms with E-state index in [0.29, 0.717) is 16.3 Å². The van der Waals surface area contributed by atoms with Crippen LogP contribution in [0.15, 0.2) is 35.2 Å². The van der Waals surface area contributed by atoms with Gasteiger partial charge in [0.25, 0.3) is 0 Å². The molecular formula is C16H19ClN2O3S. The Bertz CT molecular complexity index is 831. The predicted octanol–water partition coefficient (Wildman–Crippen LogP) is 3.87. The molecule has 0 spiro atoms. The smallest absolute Gasteiger partial charge is 0.238 e. The van der Waals surface area contributed by atoms with Gasteiger partial charge in [-0.05, 0) is 48.7 Å². The molecule has 0 saturated carbocycles. The minimum atomic E-state index is -3.71. The predicted molar refractivity (Wildman–Crippen MR) is 93.0 cm³/mol. The molecule has 0 aliphatic carbocycles. The number of nitrogens with one attached hydrogen (secondary N) is 1. The minimum Gasteiger partial charge on any atom is -0.506 e. The normalized spacial score (nSPS) is 11.7. The molecule has 0 unspecified atom stereocenters. The number of primary sulfonamides is 1. The molecule has 2 aromatic rings. The number of phenols is 1. The Morgan fingerprint density at radius 3 is 2.26 bits per heavy atom. The maximum absolute atomic E-state index is 11.3. The standard InChI is InChI=1S/C16H19ClN2O3S/c1-9(2)13-8-14(10(3)15(17)16(13)20)19-11-4-6-12(7-5-11)23(18,21)22/h4-9,19-20H,1-3H3,(H2,18,21,22). The van der Waals surface area contributed by atoms with Gasteiger partial charge in [-0.2, -0.15) is 0 Å². The molecule has 0 atom stereocenters. The van der Waals surface area contributed by atoms with E-state index >= 15 is 0 Å². The van der Waals surface area contributed by atoms with Crippen molar-refractivity contribution in [1.82, 2.24) is 0 Å². The molecule has 0 aliphatic heterocycles. The van der Waals surface area contributed by atoms with Gasteiger partial charge < -0.3 is 10.4 Å². The van der Waals surface area contributed by atoms with Crippen LogP contribution in [0.5, 0.6) is 5.75 Å². The highest BCUT2D eigenvalue weighted by Gasteiger charge is 2.16. The lowest BCUT2D eigenvalue weighted by Crippen LogP contribution is -2.11. The van der Waals surface area contributed by atoms with Crippen LogP contribution in [0.3, 0.4) is 0 Å². The van der Waals surface area contributed by atoms with Crippen LogP contribution in [-0.2, 0) is 10.0 Å². The fourth-order valence-corrected chi connectivity index (χ4v) is 2.93. The topological polar surface area (TPSA) is 92.4 Å². The molecule has 0 saturated heterocycles. The summed E-state index contributed by atoms with van der Waals surface area (Å²) in [4.78, 5) is 0.0476. The molecule has 2 rings (SSSR count). The summed E-state index contributed by atoms with van der Waals surface area (Å²) >= 11 is 6.20. The molecule has 23 heavy (non-hydrogen) atoms. The van der Waals surface area contributed by atoms with Gasteiger partial charge in [-0.3, -0.25) is 0 Å². The molecule has 7 heteroatoms. The van der Waals surface area contributed by atoms with Crippen molar-refractivity contribution in [1.29, 1.82) is 0 Å². The molecule has 0 bridgehead atoms. The number of aromatic hydroxyl groups is 1. The van der Waals surface area contributed by atoms with E-state index < -0.39 is 10.0 Å². The van der Waals surface area contributed by atoms with Gasteiger partial charge in [0.15, 0.2) is 0 Å². The van der Waals surface area contributed by atoms with E-state index in [1.54, 1.807) is 19.1 Å². The van der Waals surface area contributed by atoms with E-state index in [4.69, 9.17) is 16.7 Å². The summed E-state index contributed by atoms with van der Waals surface area (Å²) in [5.74, 6) is 0.202. The fourth-order valence-electron chi connectivity index (χ4n) is 2.21. The number of halogens is 1. The summed E-state index contributed by atoms with van der Waals surface area (Å²) in [6.45, 7) is 5.73. The lowest BCUT2D eigenvalue weighted by molar-refractivity contribution is 0.465. The molecule has 0 heterocycles. The fraction of sp³-hybridized carbons (Fsp3) is 0.250. The molecule has 4 N–H and O–H groups in total. The van der Waals surface area contributed by atoms with E-state index in [2.05, 4.69) is 5.32 Å². The largest absolute Gasteiger partial charge is 0.506 e. The van der Waals surface area contributed by atoms with Gasteiger partial charge in [-0.25, -0.2) is 13.6 Å².